The van der Waals surface area contributed by atoms with Gasteiger partial charge in [-0.2, -0.15) is 4.99 Å². The lowest BCUT2D eigenvalue weighted by atomic mass is 10.2. The minimum atomic E-state index is -0.865. The minimum absolute atomic E-state index is 0.0292. The van der Waals surface area contributed by atoms with Crippen molar-refractivity contribution in [1.82, 2.24) is 4.57 Å². The average Bonchev–Trinajstić information content (AvgIpc) is 2.97. The number of amides is 1. The summed E-state index contributed by atoms with van der Waals surface area (Å²) in [6, 6.07) is 8.73. The maximum atomic E-state index is 14.3. The smallest absolute Gasteiger partial charge is 0.325 e. The molecule has 28 heavy (non-hydrogen) atoms. The quantitative estimate of drug-likeness (QED) is 0.472. The molecule has 3 rings (SSSR count). The second-order valence-electron chi connectivity index (χ2n) is 5.59. The molecule has 0 aliphatic carbocycles. The van der Waals surface area contributed by atoms with E-state index in [0.29, 0.717) is 16.7 Å². The fourth-order valence-electron chi connectivity index (χ4n) is 2.46. The van der Waals surface area contributed by atoms with Crippen molar-refractivity contribution in [3.8, 4) is 0 Å². The molecule has 0 unspecified atom stereocenters. The number of hydrogen-bond donors (Lipinski definition) is 0. The van der Waals surface area contributed by atoms with Gasteiger partial charge in [0.1, 0.15) is 12.4 Å². The van der Waals surface area contributed by atoms with E-state index in [1.54, 1.807) is 24.3 Å². The van der Waals surface area contributed by atoms with Crippen molar-refractivity contribution in [2.24, 2.45) is 4.99 Å². The number of benzene rings is 2. The first-order valence-corrected chi connectivity index (χ1v) is 9.15. The van der Waals surface area contributed by atoms with E-state index in [-0.39, 0.29) is 21.6 Å². The van der Waals surface area contributed by atoms with E-state index in [1.807, 2.05) is 0 Å². The summed E-state index contributed by atoms with van der Waals surface area (Å²) in [6.45, 7) is -0.376. The lowest BCUT2D eigenvalue weighted by Crippen LogP contribution is -2.22. The summed E-state index contributed by atoms with van der Waals surface area (Å²) in [5.74, 6) is -2.95. The Morgan fingerprint density at radius 2 is 2.04 bits per heavy atom. The fraction of sp³-hybridized carbons (Fsp3) is 0.105. The highest BCUT2D eigenvalue weighted by Gasteiger charge is 2.16. The lowest BCUT2D eigenvalue weighted by molar-refractivity contribution is -0.141. The first-order valence-electron chi connectivity index (χ1n) is 7.95. The van der Waals surface area contributed by atoms with Crippen molar-refractivity contribution < 1.29 is 23.1 Å². The summed E-state index contributed by atoms with van der Waals surface area (Å²) < 4.78 is 33.8. The fourth-order valence-corrected chi connectivity index (χ4v) is 3.73. The van der Waals surface area contributed by atoms with Gasteiger partial charge in [0.25, 0.3) is 5.91 Å². The number of hydrogen-bond acceptors (Lipinski definition) is 4. The molecule has 0 fully saturated rings. The van der Waals surface area contributed by atoms with Gasteiger partial charge >= 0.3 is 5.97 Å². The number of rotatable bonds is 4. The molecule has 2 aromatic carbocycles. The number of thiazole rings is 1. The van der Waals surface area contributed by atoms with E-state index in [9.17, 15) is 18.4 Å². The highest BCUT2D eigenvalue weighted by atomic mass is 35.5. The molecule has 0 N–H and O–H groups in total. The number of carbonyl (C=O) groups is 2. The molecule has 1 amide bonds. The third-order valence-corrected chi connectivity index (χ3v) is 5.10. The topological polar surface area (TPSA) is 60.7 Å². The zero-order valence-corrected chi connectivity index (χ0v) is 16.1. The molecule has 0 bridgehead atoms. The van der Waals surface area contributed by atoms with E-state index >= 15 is 0 Å². The zero-order valence-electron chi connectivity index (χ0n) is 14.5. The highest BCUT2D eigenvalue weighted by Crippen LogP contribution is 2.22. The maximum Gasteiger partial charge on any atom is 0.325 e. The number of halogens is 3. The molecule has 9 heteroatoms. The summed E-state index contributed by atoms with van der Waals surface area (Å²) in [4.78, 5) is 27.9. The molecule has 1 heterocycles. The molecule has 0 aliphatic rings. The minimum Gasteiger partial charge on any atom is -0.468 e. The van der Waals surface area contributed by atoms with Crippen molar-refractivity contribution in [3.05, 3.63) is 69.5 Å². The predicted octanol–water partition coefficient (Wildman–Crippen LogP) is 3.95. The Labute approximate surface area is 167 Å². The summed E-state index contributed by atoms with van der Waals surface area (Å²) in [7, 11) is 1.18. The average molecular weight is 423 g/mol. The van der Waals surface area contributed by atoms with Crippen LogP contribution in [0.3, 0.4) is 0 Å². The van der Waals surface area contributed by atoms with Gasteiger partial charge in [-0.3, -0.25) is 9.59 Å². The van der Waals surface area contributed by atoms with Crippen LogP contribution < -0.4 is 4.80 Å². The summed E-state index contributed by atoms with van der Waals surface area (Å²) in [5, 5.41) is 0.465. The number of methoxy groups -OCH3 is 1. The summed E-state index contributed by atoms with van der Waals surface area (Å²) in [6.07, 6.45) is 2.69. The van der Waals surface area contributed by atoms with Crippen molar-refractivity contribution >= 4 is 51.1 Å². The van der Waals surface area contributed by atoms with E-state index in [0.717, 1.165) is 17.4 Å². The number of nitrogens with zero attached hydrogens (tertiary/aromatic N) is 2. The number of esters is 1. The molecule has 0 aliphatic heterocycles. The Morgan fingerprint density at radius 1 is 1.29 bits per heavy atom. The van der Waals surface area contributed by atoms with Gasteiger partial charge in [-0.15, -0.1) is 0 Å². The lowest BCUT2D eigenvalue weighted by Gasteiger charge is -2.04. The number of aromatic nitrogens is 1. The van der Waals surface area contributed by atoms with Gasteiger partial charge in [0.05, 0.1) is 17.3 Å². The van der Waals surface area contributed by atoms with Crippen molar-refractivity contribution in [2.45, 2.75) is 6.54 Å². The molecule has 3 aromatic rings. The number of ether oxygens (including phenoxy) is 1. The van der Waals surface area contributed by atoms with E-state index in [1.165, 1.54) is 23.8 Å². The van der Waals surface area contributed by atoms with Gasteiger partial charge in [0, 0.05) is 17.2 Å². The van der Waals surface area contributed by atoms with E-state index < -0.39 is 23.5 Å². The monoisotopic (exact) mass is 422 g/mol. The van der Waals surface area contributed by atoms with Crippen molar-refractivity contribution in [1.29, 1.82) is 0 Å². The summed E-state index contributed by atoms with van der Waals surface area (Å²) in [5.41, 5.74) is 0.595. The van der Waals surface area contributed by atoms with Crippen LogP contribution in [-0.2, 0) is 20.9 Å². The van der Waals surface area contributed by atoms with Crippen LogP contribution in [0.15, 0.2) is 47.5 Å². The van der Waals surface area contributed by atoms with E-state index in [4.69, 9.17) is 11.6 Å². The van der Waals surface area contributed by atoms with Crippen LogP contribution in [0.25, 0.3) is 16.3 Å². The molecule has 0 radical (unpaired) electrons. The first-order chi connectivity index (χ1) is 13.4. The molecule has 1 aromatic heterocycles. The number of carbonyl (C=O) groups excluding carboxylic acids is 2. The maximum absolute atomic E-state index is 14.3. The molecule has 0 spiro atoms. The van der Waals surface area contributed by atoms with E-state index in [2.05, 4.69) is 9.73 Å². The summed E-state index contributed by atoms with van der Waals surface area (Å²) >= 11 is 6.91. The Hall–Kier alpha value is -2.84. The van der Waals surface area contributed by atoms with Gasteiger partial charge in [0.2, 0.25) is 0 Å². The van der Waals surface area contributed by atoms with Crippen LogP contribution in [-0.4, -0.2) is 23.6 Å². The number of fused-ring (bicyclic) bond motifs is 1. The van der Waals surface area contributed by atoms with Crippen LogP contribution in [0.2, 0.25) is 5.02 Å². The third kappa shape index (κ3) is 4.35. The molecule has 144 valence electrons. The van der Waals surface area contributed by atoms with Gasteiger partial charge < -0.3 is 9.30 Å². The van der Waals surface area contributed by atoms with Crippen LogP contribution in [0.4, 0.5) is 8.78 Å². The highest BCUT2D eigenvalue weighted by molar-refractivity contribution is 7.16. The normalized spacial score (nSPS) is 12.1. The standard InChI is InChI=1S/C19H13ClF2N2O3S/c1-27-17(26)10-24-18-14(22)8-12(21)9-15(18)28-19(24)23-16(25)7-6-11-4-2-3-5-13(11)20/h2-9H,10H2,1H3/b7-6+,23-19?. The Kier molecular flexibility index (Phi) is 6.01. The molecule has 0 atom stereocenters. The molecular weight excluding hydrogens is 410 g/mol. The molecular formula is C19H13ClF2N2O3S. The zero-order chi connectivity index (χ0) is 20.3. The van der Waals surface area contributed by atoms with Crippen LogP contribution in [0, 0.1) is 11.6 Å². The second-order valence-corrected chi connectivity index (χ2v) is 7.00. The van der Waals surface area contributed by atoms with Crippen molar-refractivity contribution in [3.63, 3.8) is 0 Å². The largest absolute Gasteiger partial charge is 0.468 e. The van der Waals surface area contributed by atoms with Gasteiger partial charge in [0.15, 0.2) is 10.6 Å². The predicted molar refractivity (Wildman–Crippen MR) is 103 cm³/mol. The second kappa shape index (κ2) is 8.45. The molecule has 5 nitrogen and oxygen atoms in total. The third-order valence-electron chi connectivity index (χ3n) is 3.73. The van der Waals surface area contributed by atoms with Gasteiger partial charge in [-0.05, 0) is 23.8 Å². The van der Waals surface area contributed by atoms with Crippen LogP contribution in [0.5, 0.6) is 0 Å². The Morgan fingerprint density at radius 3 is 2.75 bits per heavy atom. The van der Waals surface area contributed by atoms with Crippen LogP contribution in [0.1, 0.15) is 5.56 Å². The van der Waals surface area contributed by atoms with Crippen molar-refractivity contribution in [2.75, 3.05) is 7.11 Å². The van der Waals surface area contributed by atoms with Crippen LogP contribution >= 0.6 is 22.9 Å². The Bertz CT molecular complexity index is 1170. The molecule has 0 saturated heterocycles. The SMILES string of the molecule is COC(=O)Cn1c(=NC(=O)/C=C/c2ccccc2Cl)sc2cc(F)cc(F)c21. The molecule has 0 saturated carbocycles. The van der Waals surface area contributed by atoms with Gasteiger partial charge in [-0.25, -0.2) is 8.78 Å². The first kappa shape index (κ1) is 19.9. The van der Waals surface area contributed by atoms with Gasteiger partial charge in [-0.1, -0.05) is 41.1 Å². The Balaban J connectivity index is 2.06.